The predicted molar refractivity (Wildman–Crippen MR) is 75.6 cm³/mol. The number of hydrogen-bond acceptors (Lipinski definition) is 6. The van der Waals surface area contributed by atoms with Crippen LogP contribution in [0.25, 0.3) is 0 Å². The molecule has 1 amide bonds. The summed E-state index contributed by atoms with van der Waals surface area (Å²) in [6.07, 6.45) is 1.65. The highest BCUT2D eigenvalue weighted by Gasteiger charge is 2.30. The zero-order valence-corrected chi connectivity index (χ0v) is 12.4. The van der Waals surface area contributed by atoms with Gasteiger partial charge in [-0.3, -0.25) is 24.7 Å². The maximum absolute atomic E-state index is 12.1. The van der Waals surface area contributed by atoms with E-state index in [9.17, 15) is 14.9 Å². The molecule has 0 atom stereocenters. The number of rotatable bonds is 6. The van der Waals surface area contributed by atoms with Gasteiger partial charge in [0.05, 0.1) is 18.2 Å². The topological polar surface area (TPSA) is 128 Å². The molecule has 2 aromatic heterocycles. The molecular weight excluding hydrogens is 292 g/mol. The smallest absolute Gasteiger partial charge is 0.362 e. The first-order valence-electron chi connectivity index (χ1n) is 6.55. The van der Waals surface area contributed by atoms with Crippen molar-refractivity contribution in [3.8, 4) is 5.88 Å². The Morgan fingerprint density at radius 3 is 2.86 bits per heavy atom. The fourth-order valence-electron chi connectivity index (χ4n) is 2.03. The van der Waals surface area contributed by atoms with Gasteiger partial charge in [-0.2, -0.15) is 5.10 Å². The lowest BCUT2D eigenvalue weighted by Gasteiger charge is -2.04. The Labute approximate surface area is 125 Å². The van der Waals surface area contributed by atoms with E-state index in [4.69, 9.17) is 4.74 Å². The second-order valence-electron chi connectivity index (χ2n) is 4.47. The zero-order valence-electron chi connectivity index (χ0n) is 12.4. The van der Waals surface area contributed by atoms with Gasteiger partial charge in [-0.15, -0.1) is 5.10 Å². The van der Waals surface area contributed by atoms with E-state index in [0.29, 0.717) is 0 Å². The summed E-state index contributed by atoms with van der Waals surface area (Å²) in [5.74, 6) is -0.865. The molecule has 2 heterocycles. The molecule has 0 aromatic carbocycles. The molecule has 0 aliphatic rings. The Morgan fingerprint density at radius 2 is 2.32 bits per heavy atom. The Balaban J connectivity index is 2.14. The van der Waals surface area contributed by atoms with Crippen LogP contribution in [0, 0.1) is 17.0 Å². The third kappa shape index (κ3) is 2.75. The van der Waals surface area contributed by atoms with Crippen molar-refractivity contribution in [1.29, 1.82) is 0 Å². The number of carbonyl (C=O) groups excluding carboxylic acids is 1. The number of H-pyrrole nitrogens is 1. The van der Waals surface area contributed by atoms with Crippen molar-refractivity contribution < 1.29 is 14.5 Å². The molecule has 2 N–H and O–H groups in total. The first-order chi connectivity index (χ1) is 10.5. The van der Waals surface area contributed by atoms with Crippen molar-refractivity contribution in [3.63, 3.8) is 0 Å². The van der Waals surface area contributed by atoms with Crippen LogP contribution in [-0.2, 0) is 13.1 Å². The molecule has 0 bridgehead atoms. The lowest BCUT2D eigenvalue weighted by molar-refractivity contribution is -0.386. The standard InChI is InChI=1S/C12H16N6O4/c1-4-17-7(2)8(6-14-17)5-13-11(19)9-10(18(20)21)12(22-3)16-15-9/h6H,4-5H2,1-3H3,(H,13,19)(H,15,16). The van der Waals surface area contributed by atoms with E-state index in [0.717, 1.165) is 17.8 Å². The van der Waals surface area contributed by atoms with Crippen molar-refractivity contribution in [1.82, 2.24) is 25.3 Å². The molecule has 0 unspecified atom stereocenters. The van der Waals surface area contributed by atoms with Crippen LogP contribution in [0.1, 0.15) is 28.7 Å². The number of nitro groups is 1. The van der Waals surface area contributed by atoms with Crippen molar-refractivity contribution in [2.75, 3.05) is 7.11 Å². The zero-order chi connectivity index (χ0) is 16.3. The molecule has 0 radical (unpaired) electrons. The van der Waals surface area contributed by atoms with Crippen molar-refractivity contribution in [2.24, 2.45) is 0 Å². The van der Waals surface area contributed by atoms with Crippen LogP contribution in [0.3, 0.4) is 0 Å². The molecule has 0 aliphatic heterocycles. The van der Waals surface area contributed by atoms with Crippen LogP contribution >= 0.6 is 0 Å². The van der Waals surface area contributed by atoms with Crippen LogP contribution in [-0.4, -0.2) is 37.9 Å². The number of ether oxygens (including phenoxy) is 1. The summed E-state index contributed by atoms with van der Waals surface area (Å²) in [5, 5.41) is 23.7. The molecule has 0 aliphatic carbocycles. The highest BCUT2D eigenvalue weighted by Crippen LogP contribution is 2.27. The third-order valence-electron chi connectivity index (χ3n) is 3.26. The Kier molecular flexibility index (Phi) is 4.39. The number of aryl methyl sites for hydroxylation is 1. The molecule has 118 valence electrons. The summed E-state index contributed by atoms with van der Waals surface area (Å²) in [5.41, 5.74) is 1.03. The summed E-state index contributed by atoms with van der Waals surface area (Å²) in [4.78, 5) is 22.4. The van der Waals surface area contributed by atoms with Gasteiger partial charge in [0.25, 0.3) is 5.91 Å². The Hall–Kier alpha value is -2.91. The van der Waals surface area contributed by atoms with Gasteiger partial charge in [-0.05, 0) is 13.8 Å². The monoisotopic (exact) mass is 308 g/mol. The second kappa shape index (κ2) is 6.24. The molecule has 2 rings (SSSR count). The molecule has 0 fully saturated rings. The van der Waals surface area contributed by atoms with Crippen LogP contribution in [0.15, 0.2) is 6.20 Å². The molecule has 0 saturated heterocycles. The summed E-state index contributed by atoms with van der Waals surface area (Å²) in [6, 6.07) is 0. The first-order valence-corrected chi connectivity index (χ1v) is 6.55. The van der Waals surface area contributed by atoms with Crippen LogP contribution in [0.2, 0.25) is 0 Å². The van der Waals surface area contributed by atoms with Gasteiger partial charge in [-0.25, -0.2) is 0 Å². The fourth-order valence-corrected chi connectivity index (χ4v) is 2.03. The van der Waals surface area contributed by atoms with Crippen LogP contribution in [0.5, 0.6) is 5.88 Å². The van der Waals surface area contributed by atoms with Gasteiger partial charge in [0, 0.05) is 24.3 Å². The van der Waals surface area contributed by atoms with Gasteiger partial charge in [-0.1, -0.05) is 0 Å². The van der Waals surface area contributed by atoms with E-state index in [1.54, 1.807) is 10.9 Å². The Morgan fingerprint density at radius 1 is 1.59 bits per heavy atom. The minimum absolute atomic E-state index is 0.211. The number of amides is 1. The lowest BCUT2D eigenvalue weighted by Crippen LogP contribution is -2.24. The molecular formula is C12H16N6O4. The highest BCUT2D eigenvalue weighted by atomic mass is 16.6. The molecule has 10 nitrogen and oxygen atoms in total. The van der Waals surface area contributed by atoms with Crippen LogP contribution in [0.4, 0.5) is 5.69 Å². The van der Waals surface area contributed by atoms with E-state index in [1.165, 1.54) is 7.11 Å². The fraction of sp³-hybridized carbons (Fsp3) is 0.417. The molecule has 0 saturated carbocycles. The number of aromatic amines is 1. The number of hydrogen-bond donors (Lipinski definition) is 2. The SMILES string of the molecule is CCn1ncc(CNC(=O)c2[nH]nc(OC)c2[N+](=O)[O-])c1C. The third-order valence-corrected chi connectivity index (χ3v) is 3.26. The molecule has 0 spiro atoms. The van der Waals surface area contributed by atoms with Gasteiger partial charge in [0.15, 0.2) is 0 Å². The lowest BCUT2D eigenvalue weighted by atomic mass is 10.2. The summed E-state index contributed by atoms with van der Waals surface area (Å²) < 4.78 is 6.55. The van der Waals surface area contributed by atoms with E-state index in [-0.39, 0.29) is 18.1 Å². The van der Waals surface area contributed by atoms with Gasteiger partial charge < -0.3 is 10.1 Å². The molecule has 10 heteroatoms. The number of aromatic nitrogens is 4. The minimum atomic E-state index is -0.711. The number of methoxy groups -OCH3 is 1. The van der Waals surface area contributed by atoms with Gasteiger partial charge in [0.1, 0.15) is 0 Å². The first kappa shape index (κ1) is 15.5. The van der Waals surface area contributed by atoms with Gasteiger partial charge >= 0.3 is 11.6 Å². The van der Waals surface area contributed by atoms with E-state index in [2.05, 4.69) is 20.6 Å². The highest BCUT2D eigenvalue weighted by molar-refractivity contribution is 5.97. The minimum Gasteiger partial charge on any atom is -0.475 e. The maximum atomic E-state index is 12.1. The number of carbonyl (C=O) groups is 1. The van der Waals surface area contributed by atoms with E-state index in [1.807, 2.05) is 13.8 Å². The average molecular weight is 308 g/mol. The van der Waals surface area contributed by atoms with Gasteiger partial charge in [0.2, 0.25) is 5.69 Å². The second-order valence-corrected chi connectivity index (χ2v) is 4.47. The number of nitrogens with zero attached hydrogens (tertiary/aromatic N) is 4. The molecule has 22 heavy (non-hydrogen) atoms. The Bertz CT molecular complexity index is 705. The number of nitrogens with one attached hydrogen (secondary N) is 2. The summed E-state index contributed by atoms with van der Waals surface area (Å²) in [6.45, 7) is 4.79. The average Bonchev–Trinajstić information content (AvgIpc) is 3.08. The van der Waals surface area contributed by atoms with Crippen molar-refractivity contribution in [3.05, 3.63) is 33.3 Å². The van der Waals surface area contributed by atoms with Crippen LogP contribution < -0.4 is 10.1 Å². The predicted octanol–water partition coefficient (Wildman–Crippen LogP) is 0.781. The molecule has 2 aromatic rings. The van der Waals surface area contributed by atoms with E-state index >= 15 is 0 Å². The summed E-state index contributed by atoms with van der Waals surface area (Å²) >= 11 is 0. The summed E-state index contributed by atoms with van der Waals surface area (Å²) in [7, 11) is 1.24. The van der Waals surface area contributed by atoms with Crippen molar-refractivity contribution in [2.45, 2.75) is 26.9 Å². The van der Waals surface area contributed by atoms with E-state index < -0.39 is 16.5 Å². The largest absolute Gasteiger partial charge is 0.475 e. The maximum Gasteiger partial charge on any atom is 0.362 e. The van der Waals surface area contributed by atoms with Crippen molar-refractivity contribution >= 4 is 11.6 Å². The normalized spacial score (nSPS) is 10.5. The quantitative estimate of drug-likeness (QED) is 0.599.